The molecule has 3 rings (SSSR count). The Morgan fingerprint density at radius 2 is 2.03 bits per heavy atom. The molecule has 2 unspecified atom stereocenters. The van der Waals surface area contributed by atoms with Crippen molar-refractivity contribution < 1.29 is 38.4 Å². The molecule has 1 aliphatic heterocycles. The average molecular weight is 534 g/mol. The van der Waals surface area contributed by atoms with Gasteiger partial charge in [-0.05, 0) is 63.4 Å². The third-order valence-electron chi connectivity index (χ3n) is 5.55. The van der Waals surface area contributed by atoms with Crippen molar-refractivity contribution >= 4 is 11.7 Å². The molecule has 1 fully saturated rings. The summed E-state index contributed by atoms with van der Waals surface area (Å²) in [5.74, 6) is -1.43. The van der Waals surface area contributed by atoms with Gasteiger partial charge in [-0.25, -0.2) is 14.1 Å². The highest BCUT2D eigenvalue weighted by Crippen LogP contribution is 2.17. The van der Waals surface area contributed by atoms with Crippen molar-refractivity contribution in [2.24, 2.45) is 5.16 Å². The maximum atomic E-state index is 13.3. The van der Waals surface area contributed by atoms with E-state index in [4.69, 9.17) is 19.0 Å². The summed E-state index contributed by atoms with van der Waals surface area (Å²) in [6.07, 6.45) is 2.29. The van der Waals surface area contributed by atoms with Crippen molar-refractivity contribution in [1.29, 1.82) is 0 Å². The van der Waals surface area contributed by atoms with Gasteiger partial charge < -0.3 is 29.3 Å². The molecule has 208 valence electrons. The number of benzene rings is 1. The lowest BCUT2D eigenvalue weighted by Gasteiger charge is -2.32. The lowest BCUT2D eigenvalue weighted by molar-refractivity contribution is -0.243. The van der Waals surface area contributed by atoms with Crippen LogP contribution in [0.2, 0.25) is 0 Å². The first-order chi connectivity index (χ1) is 18.1. The zero-order valence-electron chi connectivity index (χ0n) is 22.0. The number of hydrogen-bond donors (Lipinski definition) is 2. The van der Waals surface area contributed by atoms with E-state index >= 15 is 0 Å². The number of pyridine rings is 1. The van der Waals surface area contributed by atoms with Crippen LogP contribution in [0.4, 0.5) is 4.39 Å². The number of carboxylic acids is 1. The van der Waals surface area contributed by atoms with Gasteiger partial charge in [0.2, 0.25) is 12.7 Å². The molecule has 0 aliphatic carbocycles. The van der Waals surface area contributed by atoms with Gasteiger partial charge in [-0.15, -0.1) is 0 Å². The monoisotopic (exact) mass is 533 g/mol. The molecule has 0 spiro atoms. The minimum absolute atomic E-state index is 0.0244. The molecule has 10 nitrogen and oxygen atoms in total. The highest BCUT2D eigenvalue weighted by molar-refractivity contribution is 6.01. The lowest BCUT2D eigenvalue weighted by Crippen LogP contribution is -2.43. The number of hydrogen-bond acceptors (Lipinski definition) is 9. The zero-order chi connectivity index (χ0) is 27.5. The summed E-state index contributed by atoms with van der Waals surface area (Å²) in [5.41, 5.74) is 0.865. The van der Waals surface area contributed by atoms with Gasteiger partial charge in [-0.2, -0.15) is 0 Å². The summed E-state index contributed by atoms with van der Waals surface area (Å²) in [5, 5.41) is 24.2. The van der Waals surface area contributed by atoms with Crippen LogP contribution < -0.4 is 0 Å². The minimum atomic E-state index is -1.22. The van der Waals surface area contributed by atoms with Crippen LogP contribution in [-0.2, 0) is 25.6 Å². The molecule has 1 aromatic heterocycles. The van der Waals surface area contributed by atoms with Gasteiger partial charge in [0, 0.05) is 25.7 Å². The summed E-state index contributed by atoms with van der Waals surface area (Å²) in [7, 11) is 0. The Kier molecular flexibility index (Phi) is 11.1. The van der Waals surface area contributed by atoms with Crippen LogP contribution in [0.25, 0.3) is 0 Å². The van der Waals surface area contributed by atoms with E-state index in [1.807, 2.05) is 20.8 Å². The first kappa shape index (κ1) is 29.6. The number of aromatic nitrogens is 1. The highest BCUT2D eigenvalue weighted by Gasteiger charge is 2.23. The number of aliphatic hydroxyl groups is 1. The fourth-order valence-electron chi connectivity index (χ4n) is 3.62. The van der Waals surface area contributed by atoms with E-state index < -0.39 is 24.3 Å². The summed E-state index contributed by atoms with van der Waals surface area (Å²) in [6.45, 7) is 6.80. The Hall–Kier alpha value is -2.96. The van der Waals surface area contributed by atoms with E-state index in [-0.39, 0.29) is 31.1 Å². The molecule has 1 aromatic carbocycles. The SMILES string of the molecule is CC(C)(C)OC(O)N(CCOC/C(=N\OC1CCCCO1)c1cc(C(=O)O)ccn1)Cc1ccc(F)cc1. The van der Waals surface area contributed by atoms with Gasteiger partial charge in [-0.1, -0.05) is 17.3 Å². The Labute approximate surface area is 222 Å². The molecule has 11 heteroatoms. The minimum Gasteiger partial charge on any atom is -0.478 e. The maximum absolute atomic E-state index is 13.3. The van der Waals surface area contributed by atoms with E-state index in [1.54, 1.807) is 17.0 Å². The molecule has 0 saturated carbocycles. The second-order valence-corrected chi connectivity index (χ2v) is 9.88. The second-order valence-electron chi connectivity index (χ2n) is 9.88. The van der Waals surface area contributed by atoms with Gasteiger partial charge in [0.15, 0.2) is 0 Å². The number of rotatable bonds is 13. The Morgan fingerprint density at radius 1 is 1.26 bits per heavy atom. The van der Waals surface area contributed by atoms with E-state index in [9.17, 15) is 19.4 Å². The molecular formula is C27H36FN3O7. The predicted octanol–water partition coefficient (Wildman–Crippen LogP) is 3.78. The largest absolute Gasteiger partial charge is 0.478 e. The number of nitrogens with zero attached hydrogens (tertiary/aromatic N) is 3. The third-order valence-corrected chi connectivity index (χ3v) is 5.55. The van der Waals surface area contributed by atoms with Crippen LogP contribution in [0, 0.1) is 5.82 Å². The summed E-state index contributed by atoms with van der Waals surface area (Å²) in [4.78, 5) is 22.9. The van der Waals surface area contributed by atoms with Crippen LogP contribution in [0.5, 0.6) is 0 Å². The fourth-order valence-corrected chi connectivity index (χ4v) is 3.62. The average Bonchev–Trinajstić information content (AvgIpc) is 2.88. The maximum Gasteiger partial charge on any atom is 0.335 e. The van der Waals surface area contributed by atoms with Gasteiger partial charge in [-0.3, -0.25) is 4.98 Å². The summed E-state index contributed by atoms with van der Waals surface area (Å²) >= 11 is 0. The van der Waals surface area contributed by atoms with Gasteiger partial charge in [0.25, 0.3) is 0 Å². The predicted molar refractivity (Wildman–Crippen MR) is 137 cm³/mol. The molecule has 2 heterocycles. The number of aliphatic hydroxyl groups excluding tert-OH is 1. The number of halogens is 1. The van der Waals surface area contributed by atoms with Gasteiger partial charge >= 0.3 is 5.97 Å². The zero-order valence-corrected chi connectivity index (χ0v) is 22.0. The molecule has 38 heavy (non-hydrogen) atoms. The lowest BCUT2D eigenvalue weighted by atomic mass is 10.2. The van der Waals surface area contributed by atoms with E-state index in [1.165, 1.54) is 30.5 Å². The molecule has 2 aromatic rings. The fraction of sp³-hybridized carbons (Fsp3) is 0.519. The van der Waals surface area contributed by atoms with Crippen LogP contribution >= 0.6 is 0 Å². The van der Waals surface area contributed by atoms with Crippen LogP contribution in [0.3, 0.4) is 0 Å². The van der Waals surface area contributed by atoms with Crippen molar-refractivity contribution in [2.75, 3.05) is 26.4 Å². The third kappa shape index (κ3) is 10.1. The summed E-state index contributed by atoms with van der Waals surface area (Å²) < 4.78 is 30.5. The molecule has 0 amide bonds. The Bertz CT molecular complexity index is 1050. The topological polar surface area (TPSA) is 123 Å². The van der Waals surface area contributed by atoms with Crippen LogP contribution in [0.1, 0.15) is 61.6 Å². The first-order valence-electron chi connectivity index (χ1n) is 12.6. The number of ether oxygens (including phenoxy) is 3. The van der Waals surface area contributed by atoms with Crippen molar-refractivity contribution in [3.63, 3.8) is 0 Å². The summed E-state index contributed by atoms with van der Waals surface area (Å²) in [6, 6.07) is 8.79. The van der Waals surface area contributed by atoms with E-state index in [0.29, 0.717) is 31.0 Å². The molecule has 2 atom stereocenters. The van der Waals surface area contributed by atoms with Crippen molar-refractivity contribution in [1.82, 2.24) is 9.88 Å². The Morgan fingerprint density at radius 3 is 2.68 bits per heavy atom. The van der Waals surface area contributed by atoms with Gasteiger partial charge in [0.05, 0.1) is 36.7 Å². The molecular weight excluding hydrogens is 497 g/mol. The van der Waals surface area contributed by atoms with Crippen molar-refractivity contribution in [3.8, 4) is 0 Å². The highest BCUT2D eigenvalue weighted by atomic mass is 19.1. The molecule has 0 radical (unpaired) electrons. The first-order valence-corrected chi connectivity index (χ1v) is 12.6. The molecule has 0 bridgehead atoms. The van der Waals surface area contributed by atoms with Gasteiger partial charge in [0.1, 0.15) is 11.5 Å². The van der Waals surface area contributed by atoms with Crippen LogP contribution in [0.15, 0.2) is 47.8 Å². The van der Waals surface area contributed by atoms with Crippen molar-refractivity contribution in [2.45, 2.75) is 64.9 Å². The number of oxime groups is 1. The normalized spacial score (nSPS) is 17.4. The number of carbonyl (C=O) groups is 1. The van der Waals surface area contributed by atoms with E-state index in [2.05, 4.69) is 10.1 Å². The Balaban J connectivity index is 1.67. The smallest absolute Gasteiger partial charge is 0.335 e. The second kappa shape index (κ2) is 14.3. The quantitative estimate of drug-likeness (QED) is 0.171. The van der Waals surface area contributed by atoms with Crippen LogP contribution in [-0.4, -0.2) is 76.4 Å². The number of carboxylic acid groups (broad SMARTS) is 1. The van der Waals surface area contributed by atoms with E-state index in [0.717, 1.165) is 18.4 Å². The standard InChI is InChI=1S/C27H36FN3O7/c1-27(2,3)37-26(34)31(17-19-7-9-21(28)10-8-19)13-15-35-18-23(30-38-24-6-4-5-14-36-24)22-16-20(25(32)33)11-12-29-22/h7-12,16,24,26,34H,4-6,13-15,17-18H2,1-3H3,(H,32,33)/b30-23+. The molecule has 1 aliphatic rings. The number of aromatic carboxylic acids is 1. The molecule has 1 saturated heterocycles. The molecule has 2 N–H and O–H groups in total. The van der Waals surface area contributed by atoms with Crippen molar-refractivity contribution in [3.05, 3.63) is 65.2 Å².